The Bertz CT molecular complexity index is 698. The van der Waals surface area contributed by atoms with Crippen LogP contribution in [0.25, 0.3) is 0 Å². The molecule has 21 heavy (non-hydrogen) atoms. The zero-order valence-electron chi connectivity index (χ0n) is 11.5. The van der Waals surface area contributed by atoms with Crippen molar-refractivity contribution in [3.63, 3.8) is 0 Å². The van der Waals surface area contributed by atoms with Crippen LogP contribution in [0.4, 0.5) is 0 Å². The van der Waals surface area contributed by atoms with Gasteiger partial charge in [0.25, 0.3) is 5.56 Å². The molecule has 0 bridgehead atoms. The van der Waals surface area contributed by atoms with Gasteiger partial charge in [-0.1, -0.05) is 48.9 Å². The Labute approximate surface area is 126 Å². The summed E-state index contributed by atoms with van der Waals surface area (Å²) in [5, 5.41) is 13.3. The van der Waals surface area contributed by atoms with Crippen LogP contribution in [0.2, 0.25) is 5.02 Å². The van der Waals surface area contributed by atoms with Crippen molar-refractivity contribution in [2.24, 2.45) is 0 Å². The average molecular weight is 307 g/mol. The van der Waals surface area contributed by atoms with Gasteiger partial charge in [-0.05, 0) is 12.0 Å². The molecular formula is C15H15ClN2O3. The summed E-state index contributed by atoms with van der Waals surface area (Å²) in [6.07, 6.45) is 1.62. The van der Waals surface area contributed by atoms with Gasteiger partial charge >= 0.3 is 5.97 Å². The topological polar surface area (TPSA) is 72.2 Å². The van der Waals surface area contributed by atoms with Crippen molar-refractivity contribution in [2.45, 2.75) is 25.8 Å². The van der Waals surface area contributed by atoms with E-state index in [1.165, 1.54) is 10.9 Å². The molecule has 0 amide bonds. The van der Waals surface area contributed by atoms with Gasteiger partial charge in [-0.2, -0.15) is 5.10 Å². The molecule has 1 heterocycles. The molecule has 1 aromatic heterocycles. The number of aliphatic carboxylic acids is 1. The van der Waals surface area contributed by atoms with E-state index in [4.69, 9.17) is 11.6 Å². The second-order valence-corrected chi connectivity index (χ2v) is 5.06. The molecule has 0 saturated carbocycles. The standard InChI is InChI=1S/C15H15ClN2O3/c1-2-11(15(20)21)13-12(16)8-17-18(14(13)19)9-10-6-4-3-5-7-10/h3-8,11H,2,9H2,1H3,(H,20,21). The van der Waals surface area contributed by atoms with E-state index < -0.39 is 17.4 Å². The lowest BCUT2D eigenvalue weighted by Gasteiger charge is -2.13. The van der Waals surface area contributed by atoms with Crippen molar-refractivity contribution in [3.8, 4) is 0 Å². The lowest BCUT2D eigenvalue weighted by atomic mass is 9.98. The van der Waals surface area contributed by atoms with Gasteiger partial charge in [-0.15, -0.1) is 0 Å². The van der Waals surface area contributed by atoms with Gasteiger partial charge in [0.15, 0.2) is 0 Å². The molecular weight excluding hydrogens is 292 g/mol. The van der Waals surface area contributed by atoms with Gasteiger partial charge in [-0.3, -0.25) is 9.59 Å². The summed E-state index contributed by atoms with van der Waals surface area (Å²) in [7, 11) is 0. The Morgan fingerprint density at radius 1 is 1.38 bits per heavy atom. The van der Waals surface area contributed by atoms with Crippen molar-refractivity contribution in [1.82, 2.24) is 9.78 Å². The first-order valence-electron chi connectivity index (χ1n) is 6.56. The normalized spacial score (nSPS) is 12.1. The summed E-state index contributed by atoms with van der Waals surface area (Å²) in [6.45, 7) is 1.98. The number of hydrogen-bond donors (Lipinski definition) is 1. The first kappa shape index (κ1) is 15.3. The maximum absolute atomic E-state index is 12.5. The van der Waals surface area contributed by atoms with Crippen molar-refractivity contribution < 1.29 is 9.90 Å². The van der Waals surface area contributed by atoms with E-state index in [0.29, 0.717) is 6.42 Å². The summed E-state index contributed by atoms with van der Waals surface area (Å²) < 4.78 is 1.24. The molecule has 1 unspecified atom stereocenters. The van der Waals surface area contributed by atoms with Crippen molar-refractivity contribution in [3.05, 3.63) is 63.0 Å². The van der Waals surface area contributed by atoms with Crippen LogP contribution in [0.5, 0.6) is 0 Å². The highest BCUT2D eigenvalue weighted by atomic mass is 35.5. The van der Waals surface area contributed by atoms with Crippen LogP contribution in [0.15, 0.2) is 41.3 Å². The summed E-state index contributed by atoms with van der Waals surface area (Å²) in [5.41, 5.74) is 0.543. The second-order valence-electron chi connectivity index (χ2n) is 4.65. The molecule has 110 valence electrons. The minimum atomic E-state index is -1.06. The number of rotatable bonds is 5. The Hall–Kier alpha value is -2.14. The van der Waals surface area contributed by atoms with E-state index in [2.05, 4.69) is 5.10 Å². The molecule has 2 rings (SSSR count). The number of hydrogen-bond acceptors (Lipinski definition) is 3. The molecule has 0 fully saturated rings. The molecule has 0 saturated heterocycles. The van der Waals surface area contributed by atoms with Gasteiger partial charge < -0.3 is 5.11 Å². The van der Waals surface area contributed by atoms with Crippen LogP contribution in [-0.2, 0) is 11.3 Å². The maximum Gasteiger partial charge on any atom is 0.311 e. The van der Waals surface area contributed by atoms with Crippen LogP contribution >= 0.6 is 11.6 Å². The van der Waals surface area contributed by atoms with Crippen LogP contribution in [0.3, 0.4) is 0 Å². The molecule has 0 aliphatic carbocycles. The Morgan fingerprint density at radius 3 is 2.62 bits per heavy atom. The predicted octanol–water partition coefficient (Wildman–Crippen LogP) is 2.52. The summed E-state index contributed by atoms with van der Waals surface area (Å²) in [6, 6.07) is 9.35. The predicted molar refractivity (Wildman–Crippen MR) is 79.7 cm³/mol. The van der Waals surface area contributed by atoms with Crippen molar-refractivity contribution >= 4 is 17.6 Å². The number of halogens is 1. The van der Waals surface area contributed by atoms with Crippen LogP contribution in [0, 0.1) is 0 Å². The molecule has 0 aliphatic heterocycles. The molecule has 6 heteroatoms. The molecule has 0 spiro atoms. The van der Waals surface area contributed by atoms with Crippen LogP contribution < -0.4 is 5.56 Å². The van der Waals surface area contributed by atoms with E-state index in [-0.39, 0.29) is 17.1 Å². The van der Waals surface area contributed by atoms with Gasteiger partial charge in [0.1, 0.15) is 0 Å². The largest absolute Gasteiger partial charge is 0.481 e. The lowest BCUT2D eigenvalue weighted by molar-refractivity contribution is -0.138. The average Bonchev–Trinajstić information content (AvgIpc) is 2.47. The third-order valence-electron chi connectivity index (χ3n) is 3.26. The molecule has 1 atom stereocenters. The number of aromatic nitrogens is 2. The maximum atomic E-state index is 12.5. The highest BCUT2D eigenvalue weighted by Gasteiger charge is 2.25. The fourth-order valence-electron chi connectivity index (χ4n) is 2.17. The SMILES string of the molecule is CCC(C(=O)O)c1c(Cl)cnn(Cc2ccccc2)c1=O. The fourth-order valence-corrected chi connectivity index (χ4v) is 2.43. The first-order valence-corrected chi connectivity index (χ1v) is 6.94. The van der Waals surface area contributed by atoms with Gasteiger partial charge in [0.2, 0.25) is 0 Å². The van der Waals surface area contributed by atoms with E-state index in [0.717, 1.165) is 5.56 Å². The lowest BCUT2D eigenvalue weighted by Crippen LogP contribution is -2.30. The monoisotopic (exact) mass is 306 g/mol. The number of benzene rings is 1. The second kappa shape index (κ2) is 6.54. The van der Waals surface area contributed by atoms with E-state index in [1.54, 1.807) is 6.92 Å². The summed E-state index contributed by atoms with van der Waals surface area (Å²) in [4.78, 5) is 23.7. The molecule has 0 aliphatic rings. The highest BCUT2D eigenvalue weighted by molar-refractivity contribution is 6.31. The highest BCUT2D eigenvalue weighted by Crippen LogP contribution is 2.23. The third kappa shape index (κ3) is 3.31. The number of carbonyl (C=O) groups is 1. The molecule has 1 aromatic carbocycles. The minimum Gasteiger partial charge on any atom is -0.481 e. The molecule has 5 nitrogen and oxygen atoms in total. The smallest absolute Gasteiger partial charge is 0.311 e. The number of carboxylic acid groups (broad SMARTS) is 1. The Balaban J connectivity index is 2.46. The summed E-state index contributed by atoms with van der Waals surface area (Å²) in [5.74, 6) is -1.98. The first-order chi connectivity index (χ1) is 10.0. The van der Waals surface area contributed by atoms with Crippen molar-refractivity contribution in [1.29, 1.82) is 0 Å². The minimum absolute atomic E-state index is 0.0950. The molecule has 2 aromatic rings. The van der Waals surface area contributed by atoms with Gasteiger partial charge in [0.05, 0.1) is 29.2 Å². The van der Waals surface area contributed by atoms with Crippen LogP contribution in [0.1, 0.15) is 30.4 Å². The quantitative estimate of drug-likeness (QED) is 0.921. The van der Waals surface area contributed by atoms with Crippen LogP contribution in [-0.4, -0.2) is 20.9 Å². The zero-order chi connectivity index (χ0) is 15.4. The Morgan fingerprint density at radius 2 is 2.05 bits per heavy atom. The molecule has 0 radical (unpaired) electrons. The number of nitrogens with zero attached hydrogens (tertiary/aromatic N) is 2. The van der Waals surface area contributed by atoms with E-state index in [1.807, 2.05) is 30.3 Å². The fraction of sp³-hybridized carbons (Fsp3) is 0.267. The number of carboxylic acids is 1. The Kier molecular flexibility index (Phi) is 4.75. The molecule has 1 N–H and O–H groups in total. The van der Waals surface area contributed by atoms with E-state index in [9.17, 15) is 14.7 Å². The van der Waals surface area contributed by atoms with Crippen molar-refractivity contribution in [2.75, 3.05) is 0 Å². The van der Waals surface area contributed by atoms with E-state index >= 15 is 0 Å². The van der Waals surface area contributed by atoms with Gasteiger partial charge in [0, 0.05) is 0 Å². The van der Waals surface area contributed by atoms with Gasteiger partial charge in [-0.25, -0.2) is 4.68 Å². The zero-order valence-corrected chi connectivity index (χ0v) is 12.2. The third-order valence-corrected chi connectivity index (χ3v) is 3.56. The summed E-state index contributed by atoms with van der Waals surface area (Å²) >= 11 is 5.98.